The second kappa shape index (κ2) is 19.4. The highest BCUT2D eigenvalue weighted by Crippen LogP contribution is 2.16. The molecule has 0 fully saturated rings. The number of nitrogens with one attached hydrogen (secondary N) is 2. The molecule has 0 radical (unpaired) electrons. The van der Waals surface area contributed by atoms with Gasteiger partial charge >= 0.3 is 0 Å². The van der Waals surface area contributed by atoms with Crippen LogP contribution in [0.25, 0.3) is 0 Å². The zero-order chi connectivity index (χ0) is 25.7. The van der Waals surface area contributed by atoms with Gasteiger partial charge in [0.05, 0.1) is 6.61 Å². The smallest absolute Gasteiger partial charge is 0.216 e. The molecule has 2 N–H and O–H groups in total. The molecule has 0 spiro atoms. The number of aryl methyl sites for hydroxylation is 1. The van der Waals surface area contributed by atoms with E-state index in [4.69, 9.17) is 4.74 Å². The van der Waals surface area contributed by atoms with Crippen molar-refractivity contribution < 1.29 is 18.7 Å². The van der Waals surface area contributed by atoms with Crippen molar-refractivity contribution in [1.29, 1.82) is 0 Å². The fourth-order valence-electron chi connectivity index (χ4n) is 3.32. The highest BCUT2D eigenvalue weighted by atomic mass is 19.1. The van der Waals surface area contributed by atoms with Crippen LogP contribution in [-0.4, -0.2) is 50.0 Å². The summed E-state index contributed by atoms with van der Waals surface area (Å²) in [6.07, 6.45) is 6.46. The third kappa shape index (κ3) is 16.4. The molecule has 0 aliphatic carbocycles. The van der Waals surface area contributed by atoms with Crippen LogP contribution in [0.1, 0.15) is 57.1 Å². The summed E-state index contributed by atoms with van der Waals surface area (Å²) in [7, 11) is 0. The van der Waals surface area contributed by atoms with Crippen LogP contribution in [0.4, 0.5) is 4.39 Å². The number of carbonyl (C=O) groups is 2. The molecule has 0 unspecified atom stereocenters. The van der Waals surface area contributed by atoms with Gasteiger partial charge in [-0.2, -0.15) is 0 Å². The van der Waals surface area contributed by atoms with Crippen molar-refractivity contribution in [2.75, 3.05) is 32.8 Å². The molecule has 6 nitrogen and oxygen atoms in total. The van der Waals surface area contributed by atoms with Gasteiger partial charge in [-0.3, -0.25) is 9.59 Å². The summed E-state index contributed by atoms with van der Waals surface area (Å²) in [6.45, 7) is 9.83. The number of hydrogen-bond acceptors (Lipinski definition) is 4. The van der Waals surface area contributed by atoms with E-state index in [2.05, 4.69) is 17.6 Å². The highest BCUT2D eigenvalue weighted by Gasteiger charge is 2.02. The van der Waals surface area contributed by atoms with Crippen LogP contribution < -0.4 is 15.4 Å². The fourth-order valence-corrected chi connectivity index (χ4v) is 3.32. The molecule has 0 aliphatic rings. The van der Waals surface area contributed by atoms with Crippen LogP contribution >= 0.6 is 0 Å². The number of unbranched alkanes of at least 4 members (excludes halogenated alkanes) is 3. The van der Waals surface area contributed by atoms with Gasteiger partial charge in [0.15, 0.2) is 0 Å². The Morgan fingerprint density at radius 3 is 2.46 bits per heavy atom. The average molecular weight is 488 g/mol. The number of hydrogen-bond donors (Lipinski definition) is 2. The van der Waals surface area contributed by atoms with Crippen LogP contribution in [0.15, 0.2) is 48.5 Å². The summed E-state index contributed by atoms with van der Waals surface area (Å²) >= 11 is 0. The van der Waals surface area contributed by atoms with Crippen LogP contribution in [0.3, 0.4) is 0 Å². The van der Waals surface area contributed by atoms with E-state index in [9.17, 15) is 14.0 Å². The number of rotatable bonds is 16. The van der Waals surface area contributed by atoms with Crippen molar-refractivity contribution in [1.82, 2.24) is 15.5 Å². The van der Waals surface area contributed by atoms with E-state index < -0.39 is 0 Å². The zero-order valence-corrected chi connectivity index (χ0v) is 21.5. The van der Waals surface area contributed by atoms with Gasteiger partial charge in [-0.25, -0.2) is 4.39 Å². The molecule has 7 heteroatoms. The summed E-state index contributed by atoms with van der Waals surface area (Å²) in [4.78, 5) is 23.4. The molecule has 0 aromatic heterocycles. The Morgan fingerprint density at radius 2 is 1.80 bits per heavy atom. The van der Waals surface area contributed by atoms with Crippen LogP contribution in [0.2, 0.25) is 0 Å². The third-order valence-electron chi connectivity index (χ3n) is 5.14. The minimum atomic E-state index is -0.224. The number of benzene rings is 2. The van der Waals surface area contributed by atoms with E-state index in [-0.39, 0.29) is 11.7 Å². The van der Waals surface area contributed by atoms with Gasteiger partial charge in [-0.1, -0.05) is 56.5 Å². The summed E-state index contributed by atoms with van der Waals surface area (Å²) < 4.78 is 18.5. The standard InChI is InChI=1S/C15H23N3O2.C13H19FO/c1-14(20)17-9-5-8-16-10-11-18(13-19)12-15-6-3-2-4-7-15;1-3-4-5-6-7-15-13-9-11(2)8-12(14)10-13/h2-4,6-7,13,16H,5,8-12H2,1H3,(H,17,20);8-10H,3-7H2,1-2H3. The Balaban J connectivity index is 0.000000365. The van der Waals surface area contributed by atoms with Gasteiger partial charge in [0.2, 0.25) is 12.3 Å². The molecular weight excluding hydrogens is 445 g/mol. The fraction of sp³-hybridized carbons (Fsp3) is 0.500. The van der Waals surface area contributed by atoms with E-state index in [1.807, 2.05) is 43.3 Å². The van der Waals surface area contributed by atoms with Gasteiger partial charge in [-0.15, -0.1) is 0 Å². The van der Waals surface area contributed by atoms with Crippen molar-refractivity contribution in [3.05, 3.63) is 65.5 Å². The average Bonchev–Trinajstić information content (AvgIpc) is 2.83. The van der Waals surface area contributed by atoms with Crippen molar-refractivity contribution in [3.63, 3.8) is 0 Å². The second-order valence-corrected chi connectivity index (χ2v) is 8.52. The highest BCUT2D eigenvalue weighted by molar-refractivity contribution is 5.72. The Kier molecular flexibility index (Phi) is 16.7. The molecule has 0 bridgehead atoms. The summed E-state index contributed by atoms with van der Waals surface area (Å²) in [6, 6.07) is 14.7. The van der Waals surface area contributed by atoms with Gasteiger partial charge in [0, 0.05) is 39.2 Å². The first-order valence-corrected chi connectivity index (χ1v) is 12.5. The van der Waals surface area contributed by atoms with Crippen molar-refractivity contribution >= 4 is 12.3 Å². The molecule has 0 saturated heterocycles. The van der Waals surface area contributed by atoms with E-state index in [0.717, 1.165) is 43.5 Å². The van der Waals surface area contributed by atoms with Crippen molar-refractivity contribution in [3.8, 4) is 5.75 Å². The van der Waals surface area contributed by atoms with E-state index in [1.54, 1.807) is 4.90 Å². The molecule has 2 rings (SSSR count). The number of nitrogens with zero attached hydrogens (tertiary/aromatic N) is 1. The Labute approximate surface area is 210 Å². The molecule has 0 saturated carbocycles. The molecule has 35 heavy (non-hydrogen) atoms. The lowest BCUT2D eigenvalue weighted by atomic mass is 10.2. The van der Waals surface area contributed by atoms with Gasteiger partial charge in [0.1, 0.15) is 11.6 Å². The molecular formula is C28H42FN3O3. The van der Waals surface area contributed by atoms with Crippen molar-refractivity contribution in [2.24, 2.45) is 0 Å². The Hall–Kier alpha value is -2.93. The normalized spacial score (nSPS) is 10.2. The number of ether oxygens (including phenoxy) is 1. The lowest BCUT2D eigenvalue weighted by molar-refractivity contribution is -0.119. The number of carbonyl (C=O) groups excluding carboxylic acids is 2. The number of halogens is 1. The predicted molar refractivity (Wildman–Crippen MR) is 140 cm³/mol. The van der Waals surface area contributed by atoms with Gasteiger partial charge < -0.3 is 20.3 Å². The molecule has 194 valence electrons. The maximum Gasteiger partial charge on any atom is 0.216 e. The van der Waals surface area contributed by atoms with Gasteiger partial charge in [-0.05, 0) is 49.6 Å². The first-order valence-electron chi connectivity index (χ1n) is 12.5. The summed E-state index contributed by atoms with van der Waals surface area (Å²) in [5.41, 5.74) is 2.03. The SMILES string of the molecule is CC(=O)NCCCNCCN(C=O)Cc1ccccc1.CCCCCCOc1cc(C)cc(F)c1. The molecule has 0 atom stereocenters. The van der Waals surface area contributed by atoms with Crippen LogP contribution in [0, 0.1) is 12.7 Å². The summed E-state index contributed by atoms with van der Waals surface area (Å²) in [5, 5.41) is 6.00. The van der Waals surface area contributed by atoms with E-state index >= 15 is 0 Å². The quantitative estimate of drug-likeness (QED) is 0.262. The monoisotopic (exact) mass is 487 g/mol. The number of amides is 2. The Morgan fingerprint density at radius 1 is 1.03 bits per heavy atom. The molecule has 0 heterocycles. The lowest BCUT2D eigenvalue weighted by Crippen LogP contribution is -2.32. The predicted octanol–water partition coefficient (Wildman–Crippen LogP) is 4.85. The second-order valence-electron chi connectivity index (χ2n) is 8.52. The molecule has 2 aromatic carbocycles. The Bertz CT molecular complexity index is 813. The first kappa shape index (κ1) is 30.1. The lowest BCUT2D eigenvalue weighted by Gasteiger charge is -2.17. The van der Waals surface area contributed by atoms with E-state index in [0.29, 0.717) is 32.0 Å². The minimum absolute atomic E-state index is 0.00000821. The minimum Gasteiger partial charge on any atom is -0.493 e. The molecule has 2 amide bonds. The van der Waals surface area contributed by atoms with Gasteiger partial charge in [0.25, 0.3) is 0 Å². The first-order chi connectivity index (χ1) is 16.9. The zero-order valence-electron chi connectivity index (χ0n) is 21.5. The van der Waals surface area contributed by atoms with Crippen LogP contribution in [-0.2, 0) is 16.1 Å². The maximum absolute atomic E-state index is 13.0. The molecule has 0 aliphatic heterocycles. The molecule has 2 aromatic rings. The van der Waals surface area contributed by atoms with E-state index in [1.165, 1.54) is 38.3 Å². The largest absolute Gasteiger partial charge is 0.493 e. The van der Waals surface area contributed by atoms with Crippen LogP contribution in [0.5, 0.6) is 5.75 Å². The summed E-state index contributed by atoms with van der Waals surface area (Å²) in [5.74, 6) is 0.419. The maximum atomic E-state index is 13.0. The topological polar surface area (TPSA) is 70.7 Å². The third-order valence-corrected chi connectivity index (χ3v) is 5.14. The van der Waals surface area contributed by atoms with Crippen molar-refractivity contribution in [2.45, 2.75) is 59.4 Å².